The highest BCUT2D eigenvalue weighted by atomic mass is 15.1. The molecule has 138 valence electrons. The molecule has 3 aromatic carbocycles. The minimum atomic E-state index is 0.205. The lowest BCUT2D eigenvalue weighted by Gasteiger charge is -2.22. The molecular formula is C25H28N2. The molecule has 0 aliphatic heterocycles. The average molecular weight is 357 g/mol. The summed E-state index contributed by atoms with van der Waals surface area (Å²) in [5.41, 5.74) is 7.44. The second-order valence-electron chi connectivity index (χ2n) is 7.28. The van der Waals surface area contributed by atoms with Crippen molar-refractivity contribution >= 4 is 17.5 Å². The third kappa shape index (κ3) is 4.22. The van der Waals surface area contributed by atoms with E-state index in [9.17, 15) is 0 Å². The third-order valence-electron chi connectivity index (χ3n) is 4.99. The van der Waals surface area contributed by atoms with Crippen LogP contribution in [0.1, 0.15) is 28.2 Å². The van der Waals surface area contributed by atoms with Gasteiger partial charge in [-0.25, -0.2) is 0 Å². The lowest BCUT2D eigenvalue weighted by Crippen LogP contribution is -2.10. The van der Waals surface area contributed by atoms with Gasteiger partial charge in [0.2, 0.25) is 0 Å². The summed E-state index contributed by atoms with van der Waals surface area (Å²) < 4.78 is 0. The topological polar surface area (TPSA) is 6.48 Å². The minimum Gasteiger partial charge on any atom is -0.378 e. The van der Waals surface area contributed by atoms with Crippen LogP contribution < -0.4 is 9.80 Å². The Bertz CT molecular complexity index is 822. The summed E-state index contributed by atoms with van der Waals surface area (Å²) in [6.45, 7) is 3.86. The van der Waals surface area contributed by atoms with Crippen molar-refractivity contribution in [2.45, 2.75) is 5.92 Å². The number of rotatable bonds is 6. The van der Waals surface area contributed by atoms with Crippen LogP contribution in [0.3, 0.4) is 0 Å². The first-order valence-corrected chi connectivity index (χ1v) is 9.26. The summed E-state index contributed by atoms with van der Waals surface area (Å²) in [7, 11) is 8.28. The molecule has 0 bridgehead atoms. The molecule has 3 rings (SSSR count). The van der Waals surface area contributed by atoms with Crippen LogP contribution in [0.15, 0.2) is 79.4 Å². The number of hydrogen-bond donors (Lipinski definition) is 0. The van der Waals surface area contributed by atoms with E-state index in [1.165, 1.54) is 28.1 Å². The third-order valence-corrected chi connectivity index (χ3v) is 4.99. The molecule has 0 aromatic heterocycles. The van der Waals surface area contributed by atoms with Crippen molar-refractivity contribution in [2.24, 2.45) is 0 Å². The van der Waals surface area contributed by atoms with E-state index in [0.717, 1.165) is 5.56 Å². The second kappa shape index (κ2) is 8.13. The van der Waals surface area contributed by atoms with Crippen molar-refractivity contribution in [3.8, 4) is 0 Å². The van der Waals surface area contributed by atoms with Gasteiger partial charge < -0.3 is 9.80 Å². The molecule has 0 unspecified atom stereocenters. The van der Waals surface area contributed by atoms with Gasteiger partial charge in [-0.3, -0.25) is 0 Å². The Balaban J connectivity index is 2.05. The van der Waals surface area contributed by atoms with Crippen molar-refractivity contribution in [2.75, 3.05) is 38.0 Å². The zero-order valence-electron chi connectivity index (χ0n) is 16.7. The molecule has 0 heterocycles. The van der Waals surface area contributed by atoms with Crippen LogP contribution in [-0.2, 0) is 0 Å². The van der Waals surface area contributed by atoms with E-state index >= 15 is 0 Å². The summed E-state index contributed by atoms with van der Waals surface area (Å²) in [5.74, 6) is 0.205. The first kappa shape index (κ1) is 18.8. The van der Waals surface area contributed by atoms with Crippen molar-refractivity contribution < 1.29 is 0 Å². The largest absolute Gasteiger partial charge is 0.378 e. The SMILES string of the molecule is C=Cc1ccc(C(c2ccc(N(C)C)cc2)c2ccc(N(C)C)cc2)cc1. The molecule has 0 saturated carbocycles. The van der Waals surface area contributed by atoms with Crippen molar-refractivity contribution in [1.82, 2.24) is 0 Å². The number of benzene rings is 3. The van der Waals surface area contributed by atoms with Crippen LogP contribution in [0.2, 0.25) is 0 Å². The molecule has 0 fully saturated rings. The van der Waals surface area contributed by atoms with Crippen LogP contribution in [0, 0.1) is 0 Å². The molecule has 2 nitrogen and oxygen atoms in total. The Morgan fingerprint density at radius 1 is 0.593 bits per heavy atom. The van der Waals surface area contributed by atoms with E-state index < -0.39 is 0 Å². The monoisotopic (exact) mass is 356 g/mol. The highest BCUT2D eigenvalue weighted by molar-refractivity contribution is 5.55. The van der Waals surface area contributed by atoms with Crippen LogP contribution in [0.25, 0.3) is 6.08 Å². The van der Waals surface area contributed by atoms with Crippen LogP contribution in [-0.4, -0.2) is 28.2 Å². The standard InChI is InChI=1S/C25H28N2/c1-6-19-7-9-20(10-8-19)25(21-11-15-23(16-12-21)26(2)3)22-13-17-24(18-14-22)27(4)5/h6-18,25H,1H2,2-5H3. The Labute approximate surface area is 163 Å². The van der Waals surface area contributed by atoms with E-state index in [2.05, 4.69) is 117 Å². The Kier molecular flexibility index (Phi) is 5.66. The van der Waals surface area contributed by atoms with Crippen molar-refractivity contribution in [3.05, 3.63) is 102 Å². The number of nitrogens with zero attached hydrogens (tertiary/aromatic N) is 2. The molecule has 0 aliphatic rings. The van der Waals surface area contributed by atoms with Gasteiger partial charge in [-0.05, 0) is 46.5 Å². The summed E-state index contributed by atoms with van der Waals surface area (Å²) in [6.07, 6.45) is 1.89. The Morgan fingerprint density at radius 3 is 1.22 bits per heavy atom. The molecule has 0 aliphatic carbocycles. The van der Waals surface area contributed by atoms with E-state index in [1.807, 2.05) is 6.08 Å². The molecule has 0 amide bonds. The zero-order valence-corrected chi connectivity index (χ0v) is 16.7. The van der Waals surface area contributed by atoms with Crippen molar-refractivity contribution in [1.29, 1.82) is 0 Å². The minimum absolute atomic E-state index is 0.205. The average Bonchev–Trinajstić information content (AvgIpc) is 2.69. The number of hydrogen-bond acceptors (Lipinski definition) is 2. The van der Waals surface area contributed by atoms with Gasteiger partial charge in [0.15, 0.2) is 0 Å². The lowest BCUT2D eigenvalue weighted by molar-refractivity contribution is 0.973. The molecule has 0 saturated heterocycles. The lowest BCUT2D eigenvalue weighted by atomic mass is 9.84. The van der Waals surface area contributed by atoms with Gasteiger partial charge in [-0.15, -0.1) is 0 Å². The van der Waals surface area contributed by atoms with Crippen LogP contribution in [0.5, 0.6) is 0 Å². The normalized spacial score (nSPS) is 10.7. The first-order valence-electron chi connectivity index (χ1n) is 9.26. The highest BCUT2D eigenvalue weighted by Gasteiger charge is 2.17. The fraction of sp³-hybridized carbons (Fsp3) is 0.200. The maximum absolute atomic E-state index is 3.86. The summed E-state index contributed by atoms with van der Waals surface area (Å²) in [4.78, 5) is 4.26. The molecule has 3 aromatic rings. The molecular weight excluding hydrogens is 328 g/mol. The second-order valence-corrected chi connectivity index (χ2v) is 7.28. The molecule has 0 atom stereocenters. The van der Waals surface area contributed by atoms with Gasteiger partial charge in [0.05, 0.1) is 0 Å². The first-order chi connectivity index (χ1) is 13.0. The summed E-state index contributed by atoms with van der Waals surface area (Å²) in [6, 6.07) is 26.4. The maximum Gasteiger partial charge on any atom is 0.0361 e. The zero-order chi connectivity index (χ0) is 19.4. The van der Waals surface area contributed by atoms with E-state index in [0.29, 0.717) is 0 Å². The van der Waals surface area contributed by atoms with Gasteiger partial charge in [0.25, 0.3) is 0 Å². The Hall–Kier alpha value is -3.00. The van der Waals surface area contributed by atoms with Gasteiger partial charge in [0.1, 0.15) is 0 Å². The van der Waals surface area contributed by atoms with Gasteiger partial charge in [-0.1, -0.05) is 61.2 Å². The smallest absolute Gasteiger partial charge is 0.0361 e. The van der Waals surface area contributed by atoms with E-state index in [-0.39, 0.29) is 5.92 Å². The van der Waals surface area contributed by atoms with Gasteiger partial charge in [-0.2, -0.15) is 0 Å². The molecule has 2 heteroatoms. The maximum atomic E-state index is 3.86. The predicted octanol–water partition coefficient (Wildman–Crippen LogP) is 5.64. The van der Waals surface area contributed by atoms with E-state index in [4.69, 9.17) is 0 Å². The summed E-state index contributed by atoms with van der Waals surface area (Å²) in [5, 5.41) is 0. The highest BCUT2D eigenvalue weighted by Crippen LogP contribution is 2.34. The van der Waals surface area contributed by atoms with E-state index in [1.54, 1.807) is 0 Å². The molecule has 0 radical (unpaired) electrons. The fourth-order valence-electron chi connectivity index (χ4n) is 3.33. The predicted molar refractivity (Wildman–Crippen MR) is 119 cm³/mol. The van der Waals surface area contributed by atoms with Crippen LogP contribution >= 0.6 is 0 Å². The summed E-state index contributed by atoms with van der Waals surface area (Å²) >= 11 is 0. The quantitative estimate of drug-likeness (QED) is 0.527. The van der Waals surface area contributed by atoms with Crippen molar-refractivity contribution in [3.63, 3.8) is 0 Å². The van der Waals surface area contributed by atoms with Gasteiger partial charge in [0, 0.05) is 45.5 Å². The molecule has 0 spiro atoms. The molecule has 0 N–H and O–H groups in total. The van der Waals surface area contributed by atoms with Crippen LogP contribution in [0.4, 0.5) is 11.4 Å². The Morgan fingerprint density at radius 2 is 0.926 bits per heavy atom. The number of anilines is 2. The van der Waals surface area contributed by atoms with Gasteiger partial charge >= 0.3 is 0 Å². The fourth-order valence-corrected chi connectivity index (χ4v) is 3.33. The molecule has 27 heavy (non-hydrogen) atoms.